The molecule has 1 aromatic carbocycles. The molecule has 4 rings (SSSR count). The third-order valence-electron chi connectivity index (χ3n) is 6.10. The molecule has 4 heteroatoms. The lowest BCUT2D eigenvalue weighted by Gasteiger charge is -2.41. The quantitative estimate of drug-likeness (QED) is 0.696. The molecule has 30 heavy (non-hydrogen) atoms. The number of rotatable bonds is 6. The van der Waals surface area contributed by atoms with Crippen LogP contribution in [0.3, 0.4) is 0 Å². The molecule has 0 N–H and O–H groups in total. The average molecular weight is 405 g/mol. The van der Waals surface area contributed by atoms with Crippen LogP contribution >= 0.6 is 0 Å². The molecule has 1 heterocycles. The minimum Gasteiger partial charge on any atom is -0.494 e. The van der Waals surface area contributed by atoms with Gasteiger partial charge < -0.3 is 14.5 Å². The molecule has 0 saturated carbocycles. The highest BCUT2D eigenvalue weighted by molar-refractivity contribution is 6.09. The Morgan fingerprint density at radius 1 is 1.03 bits per heavy atom. The molecule has 1 amide bonds. The number of allylic oxidation sites excluding steroid dienone is 5. The fourth-order valence-electron chi connectivity index (χ4n) is 4.46. The summed E-state index contributed by atoms with van der Waals surface area (Å²) in [6.45, 7) is 3.21. The molecule has 158 valence electrons. The highest BCUT2D eigenvalue weighted by Crippen LogP contribution is 2.31. The second kappa shape index (κ2) is 9.94. The number of carbonyl (C=O) groups excluding carboxylic acids is 1. The molecule has 1 aromatic rings. The summed E-state index contributed by atoms with van der Waals surface area (Å²) >= 11 is 0. The van der Waals surface area contributed by atoms with E-state index in [1.165, 1.54) is 0 Å². The Kier molecular flexibility index (Phi) is 6.85. The summed E-state index contributed by atoms with van der Waals surface area (Å²) in [5.74, 6) is 1.13. The topological polar surface area (TPSA) is 32.8 Å². The predicted molar refractivity (Wildman–Crippen MR) is 122 cm³/mol. The number of piperazine rings is 1. The summed E-state index contributed by atoms with van der Waals surface area (Å²) in [5, 5.41) is 0. The first-order valence-corrected chi connectivity index (χ1v) is 11.2. The number of hydrogen-bond acceptors (Lipinski definition) is 3. The molecular formula is C26H32N2O2. The number of likely N-dealkylation sites (N-methyl/N-ethyl adjacent to an activating group) is 1. The fraction of sp³-hybridized carbons (Fsp3) is 0.423. The second-order valence-electron chi connectivity index (χ2n) is 8.32. The molecule has 1 unspecified atom stereocenters. The largest absolute Gasteiger partial charge is 0.494 e. The van der Waals surface area contributed by atoms with Crippen LogP contribution in [0.25, 0.3) is 5.57 Å². The standard InChI is InChI=1S/C26H32N2O2/c1-27-17-18-28(22(20-27)16-19-30-23-12-6-3-7-13-23)26(29)25-15-9-8-14-24(25)21-10-4-2-5-11-21/h2,4-6,10-15,22H,3,7-9,16-20H2,1H3. The lowest BCUT2D eigenvalue weighted by Crippen LogP contribution is -2.54. The summed E-state index contributed by atoms with van der Waals surface area (Å²) in [7, 11) is 2.14. The Morgan fingerprint density at radius 3 is 2.63 bits per heavy atom. The molecule has 3 aliphatic rings. The van der Waals surface area contributed by atoms with Gasteiger partial charge in [0.2, 0.25) is 0 Å². The second-order valence-corrected chi connectivity index (χ2v) is 8.32. The molecule has 0 bridgehead atoms. The van der Waals surface area contributed by atoms with E-state index >= 15 is 0 Å². The Bertz CT molecular complexity index is 866. The van der Waals surface area contributed by atoms with Crippen molar-refractivity contribution in [3.05, 3.63) is 77.6 Å². The first kappa shape index (κ1) is 20.7. The van der Waals surface area contributed by atoms with Gasteiger partial charge in [-0.3, -0.25) is 4.79 Å². The number of nitrogens with zero attached hydrogens (tertiary/aromatic N) is 2. The van der Waals surface area contributed by atoms with Crippen molar-refractivity contribution in [3.63, 3.8) is 0 Å². The van der Waals surface area contributed by atoms with Gasteiger partial charge in [0.25, 0.3) is 5.91 Å². The van der Waals surface area contributed by atoms with Crippen molar-refractivity contribution in [3.8, 4) is 0 Å². The van der Waals surface area contributed by atoms with Crippen molar-refractivity contribution < 1.29 is 9.53 Å². The molecule has 4 nitrogen and oxygen atoms in total. The van der Waals surface area contributed by atoms with Gasteiger partial charge in [0.1, 0.15) is 5.76 Å². The van der Waals surface area contributed by atoms with E-state index in [2.05, 4.69) is 59.4 Å². The van der Waals surface area contributed by atoms with Gasteiger partial charge in [0.15, 0.2) is 0 Å². The zero-order valence-electron chi connectivity index (χ0n) is 17.9. The van der Waals surface area contributed by atoms with Crippen LogP contribution < -0.4 is 0 Å². The van der Waals surface area contributed by atoms with Crippen LogP contribution in [-0.4, -0.2) is 55.0 Å². The van der Waals surface area contributed by atoms with Gasteiger partial charge in [-0.05, 0) is 56.0 Å². The zero-order chi connectivity index (χ0) is 20.8. The van der Waals surface area contributed by atoms with Gasteiger partial charge in [-0.15, -0.1) is 0 Å². The van der Waals surface area contributed by atoms with Gasteiger partial charge in [0.05, 0.1) is 6.61 Å². The van der Waals surface area contributed by atoms with E-state index in [1.54, 1.807) is 0 Å². The third-order valence-corrected chi connectivity index (χ3v) is 6.10. The van der Waals surface area contributed by atoms with Crippen molar-refractivity contribution in [1.29, 1.82) is 0 Å². The first-order valence-electron chi connectivity index (χ1n) is 11.2. The molecule has 1 atom stereocenters. The summed E-state index contributed by atoms with van der Waals surface area (Å²) in [4.78, 5) is 18.1. The average Bonchev–Trinajstić information content (AvgIpc) is 2.80. The van der Waals surface area contributed by atoms with Crippen LogP contribution in [0.1, 0.15) is 37.7 Å². The van der Waals surface area contributed by atoms with Crippen molar-refractivity contribution >= 4 is 11.5 Å². The lowest BCUT2D eigenvalue weighted by molar-refractivity contribution is -0.131. The van der Waals surface area contributed by atoms with Crippen LogP contribution in [0, 0.1) is 0 Å². The van der Waals surface area contributed by atoms with E-state index in [1.807, 2.05) is 18.2 Å². The molecule has 1 saturated heterocycles. The van der Waals surface area contributed by atoms with E-state index in [4.69, 9.17) is 4.74 Å². The Labute approximate surface area is 180 Å². The Morgan fingerprint density at radius 2 is 1.83 bits per heavy atom. The molecule has 2 aliphatic carbocycles. The summed E-state index contributed by atoms with van der Waals surface area (Å²) < 4.78 is 5.98. The first-order chi connectivity index (χ1) is 14.7. The van der Waals surface area contributed by atoms with Crippen LogP contribution in [0.5, 0.6) is 0 Å². The van der Waals surface area contributed by atoms with E-state index in [9.17, 15) is 4.79 Å². The number of carbonyl (C=O) groups is 1. The van der Waals surface area contributed by atoms with Crippen molar-refractivity contribution in [2.24, 2.45) is 0 Å². The van der Waals surface area contributed by atoms with Crippen molar-refractivity contribution in [1.82, 2.24) is 9.80 Å². The van der Waals surface area contributed by atoms with Gasteiger partial charge in [-0.2, -0.15) is 0 Å². The maximum Gasteiger partial charge on any atom is 0.254 e. The van der Waals surface area contributed by atoms with Crippen LogP contribution in [0.15, 0.2) is 72.0 Å². The van der Waals surface area contributed by atoms with Gasteiger partial charge in [-0.1, -0.05) is 48.6 Å². The summed E-state index contributed by atoms with van der Waals surface area (Å²) in [6, 6.07) is 10.5. The molecular weight excluding hydrogens is 372 g/mol. The van der Waals surface area contributed by atoms with Gasteiger partial charge in [0, 0.05) is 37.7 Å². The zero-order valence-corrected chi connectivity index (χ0v) is 17.9. The predicted octanol–water partition coefficient (Wildman–Crippen LogP) is 4.57. The smallest absolute Gasteiger partial charge is 0.254 e. The minimum atomic E-state index is 0.166. The van der Waals surface area contributed by atoms with Crippen LogP contribution in [0.4, 0.5) is 0 Å². The van der Waals surface area contributed by atoms with E-state index in [-0.39, 0.29) is 11.9 Å². The molecule has 1 fully saturated rings. The van der Waals surface area contributed by atoms with Crippen molar-refractivity contribution in [2.45, 2.75) is 38.1 Å². The highest BCUT2D eigenvalue weighted by atomic mass is 16.5. The molecule has 1 aliphatic heterocycles. The molecule has 0 radical (unpaired) electrons. The van der Waals surface area contributed by atoms with Crippen molar-refractivity contribution in [2.75, 3.05) is 33.3 Å². The van der Waals surface area contributed by atoms with E-state index < -0.39 is 0 Å². The number of ether oxygens (including phenoxy) is 1. The number of amides is 1. The lowest BCUT2D eigenvalue weighted by atomic mass is 9.90. The fourth-order valence-corrected chi connectivity index (χ4v) is 4.46. The Balaban J connectivity index is 1.46. The number of hydrogen-bond donors (Lipinski definition) is 0. The Hall–Kier alpha value is -2.59. The molecule has 0 aromatic heterocycles. The maximum atomic E-state index is 13.7. The van der Waals surface area contributed by atoms with E-state index in [0.29, 0.717) is 6.61 Å². The minimum absolute atomic E-state index is 0.166. The summed E-state index contributed by atoms with van der Waals surface area (Å²) in [6.07, 6.45) is 15.6. The SMILES string of the molecule is CN1CCN(C(=O)C2=CCCC=C2c2ccccc2)C(CCOC2=CCCC=C2)C1. The van der Waals surface area contributed by atoms with Gasteiger partial charge in [-0.25, -0.2) is 0 Å². The van der Waals surface area contributed by atoms with Crippen LogP contribution in [-0.2, 0) is 9.53 Å². The normalized spacial score (nSPS) is 22.2. The maximum absolute atomic E-state index is 13.7. The van der Waals surface area contributed by atoms with Gasteiger partial charge >= 0.3 is 0 Å². The number of benzene rings is 1. The molecule has 0 spiro atoms. The highest BCUT2D eigenvalue weighted by Gasteiger charge is 2.32. The third kappa shape index (κ3) is 4.93. The monoisotopic (exact) mass is 404 g/mol. The van der Waals surface area contributed by atoms with Crippen LogP contribution in [0.2, 0.25) is 0 Å². The van der Waals surface area contributed by atoms with E-state index in [0.717, 1.165) is 74.2 Å². The summed E-state index contributed by atoms with van der Waals surface area (Å²) in [5.41, 5.74) is 3.07.